The highest BCUT2D eigenvalue weighted by atomic mass is 14.7. The Bertz CT molecular complexity index is 189. The molecule has 0 fully saturated rings. The molecule has 0 aliphatic rings. The van der Waals surface area contributed by atoms with Crippen molar-refractivity contribution in [1.82, 2.24) is 0 Å². The molecular formula is C12H21N. The Morgan fingerprint density at radius 1 is 1.54 bits per heavy atom. The second-order valence-corrected chi connectivity index (χ2v) is 3.36. The van der Waals surface area contributed by atoms with Gasteiger partial charge in [-0.25, -0.2) is 0 Å². The first-order valence-corrected chi connectivity index (χ1v) is 5.04. The first-order chi connectivity index (χ1) is 6.24. The van der Waals surface area contributed by atoms with E-state index in [2.05, 4.69) is 31.5 Å². The summed E-state index contributed by atoms with van der Waals surface area (Å²) in [6.07, 6.45) is 9.23. The Hall–Kier alpha value is -0.850. The molecule has 74 valence electrons. The van der Waals surface area contributed by atoms with Crippen molar-refractivity contribution in [3.8, 4) is 0 Å². The standard InChI is InChI=1S/C12H21N/c1-5-8-12(13-7-3)10-9-11(4)6-2/h5,7-8,11H,3,6,9-10H2,1-2,4H3/b8-5-,13-12?. The average molecular weight is 179 g/mol. The van der Waals surface area contributed by atoms with Crippen molar-refractivity contribution in [1.29, 1.82) is 0 Å². The minimum absolute atomic E-state index is 0.792. The molecule has 1 atom stereocenters. The maximum Gasteiger partial charge on any atom is 0.0400 e. The smallest absolute Gasteiger partial charge is 0.0400 e. The predicted octanol–water partition coefficient (Wildman–Crippen LogP) is 3.97. The van der Waals surface area contributed by atoms with E-state index >= 15 is 0 Å². The van der Waals surface area contributed by atoms with E-state index in [0.717, 1.165) is 18.1 Å². The summed E-state index contributed by atoms with van der Waals surface area (Å²) in [5.74, 6) is 0.792. The van der Waals surface area contributed by atoms with Crippen LogP contribution in [0.15, 0.2) is 29.9 Å². The molecule has 0 bridgehead atoms. The Kier molecular flexibility index (Phi) is 7.27. The van der Waals surface area contributed by atoms with E-state index in [0.29, 0.717) is 0 Å². The molecule has 1 unspecified atom stereocenters. The second-order valence-electron chi connectivity index (χ2n) is 3.36. The molecule has 0 radical (unpaired) electrons. The van der Waals surface area contributed by atoms with Crippen LogP contribution in [0.1, 0.15) is 40.0 Å². The number of hydrogen-bond donors (Lipinski definition) is 0. The van der Waals surface area contributed by atoms with E-state index in [9.17, 15) is 0 Å². The van der Waals surface area contributed by atoms with E-state index in [1.54, 1.807) is 6.20 Å². The van der Waals surface area contributed by atoms with Crippen LogP contribution >= 0.6 is 0 Å². The second kappa shape index (κ2) is 7.78. The molecule has 0 aliphatic heterocycles. The summed E-state index contributed by atoms with van der Waals surface area (Å²) in [6.45, 7) is 10.1. The van der Waals surface area contributed by atoms with E-state index in [1.165, 1.54) is 12.8 Å². The van der Waals surface area contributed by atoms with Gasteiger partial charge in [-0.2, -0.15) is 0 Å². The van der Waals surface area contributed by atoms with Gasteiger partial charge in [-0.05, 0) is 31.8 Å². The van der Waals surface area contributed by atoms with Gasteiger partial charge in [0.1, 0.15) is 0 Å². The molecule has 0 amide bonds. The van der Waals surface area contributed by atoms with Crippen LogP contribution in [0, 0.1) is 5.92 Å². The summed E-state index contributed by atoms with van der Waals surface area (Å²) in [4.78, 5) is 4.21. The number of hydrogen-bond acceptors (Lipinski definition) is 1. The molecule has 13 heavy (non-hydrogen) atoms. The zero-order chi connectivity index (χ0) is 10.1. The maximum absolute atomic E-state index is 4.21. The fourth-order valence-electron chi connectivity index (χ4n) is 1.10. The van der Waals surface area contributed by atoms with Crippen LogP contribution in [0.2, 0.25) is 0 Å². The van der Waals surface area contributed by atoms with Crippen molar-refractivity contribution in [2.24, 2.45) is 10.9 Å². The zero-order valence-electron chi connectivity index (χ0n) is 9.09. The van der Waals surface area contributed by atoms with Crippen molar-refractivity contribution >= 4 is 5.71 Å². The van der Waals surface area contributed by atoms with Crippen molar-refractivity contribution in [3.63, 3.8) is 0 Å². The quantitative estimate of drug-likeness (QED) is 0.547. The summed E-state index contributed by atoms with van der Waals surface area (Å²) in [5, 5.41) is 0. The highest BCUT2D eigenvalue weighted by Gasteiger charge is 2.00. The predicted molar refractivity (Wildman–Crippen MR) is 61.1 cm³/mol. The monoisotopic (exact) mass is 179 g/mol. The SMILES string of the molecule is C=CN=C(/C=C\C)CCC(C)CC. The molecule has 0 aromatic carbocycles. The molecule has 0 aromatic rings. The van der Waals surface area contributed by atoms with Gasteiger partial charge in [0.15, 0.2) is 0 Å². The van der Waals surface area contributed by atoms with Crippen molar-refractivity contribution in [2.75, 3.05) is 0 Å². The van der Waals surface area contributed by atoms with Crippen LogP contribution in [0.25, 0.3) is 0 Å². The van der Waals surface area contributed by atoms with Crippen LogP contribution in [0.3, 0.4) is 0 Å². The molecule has 0 rings (SSSR count). The van der Waals surface area contributed by atoms with Gasteiger partial charge < -0.3 is 0 Å². The van der Waals surface area contributed by atoms with Gasteiger partial charge in [0.05, 0.1) is 0 Å². The van der Waals surface area contributed by atoms with Crippen LogP contribution in [0.4, 0.5) is 0 Å². The van der Waals surface area contributed by atoms with Gasteiger partial charge in [-0.15, -0.1) is 0 Å². The average Bonchev–Trinajstić information content (AvgIpc) is 2.14. The van der Waals surface area contributed by atoms with Gasteiger partial charge in [0.2, 0.25) is 0 Å². The molecule has 1 nitrogen and oxygen atoms in total. The van der Waals surface area contributed by atoms with Gasteiger partial charge in [0, 0.05) is 11.9 Å². The highest BCUT2D eigenvalue weighted by Crippen LogP contribution is 2.10. The van der Waals surface area contributed by atoms with Crippen LogP contribution in [-0.4, -0.2) is 5.71 Å². The Morgan fingerprint density at radius 2 is 2.23 bits per heavy atom. The summed E-state index contributed by atoms with van der Waals surface area (Å²) in [6, 6.07) is 0. The third-order valence-corrected chi connectivity index (χ3v) is 2.21. The lowest BCUT2D eigenvalue weighted by molar-refractivity contribution is 0.528. The number of rotatable bonds is 6. The first-order valence-electron chi connectivity index (χ1n) is 5.04. The molecule has 0 heterocycles. The first kappa shape index (κ1) is 12.2. The van der Waals surface area contributed by atoms with E-state index < -0.39 is 0 Å². The lowest BCUT2D eigenvalue weighted by atomic mass is 10.0. The van der Waals surface area contributed by atoms with Gasteiger partial charge in [-0.1, -0.05) is 32.9 Å². The van der Waals surface area contributed by atoms with Gasteiger partial charge in [0.25, 0.3) is 0 Å². The minimum Gasteiger partial charge on any atom is -0.262 e. The lowest BCUT2D eigenvalue weighted by Crippen LogP contribution is -1.98. The van der Waals surface area contributed by atoms with E-state index in [4.69, 9.17) is 0 Å². The molecule has 1 heteroatoms. The summed E-state index contributed by atoms with van der Waals surface area (Å²) in [7, 11) is 0. The minimum atomic E-state index is 0.792. The molecule has 0 saturated carbocycles. The fourth-order valence-corrected chi connectivity index (χ4v) is 1.10. The molecule has 0 N–H and O–H groups in total. The molecule has 0 aromatic heterocycles. The molecule has 0 aliphatic carbocycles. The summed E-state index contributed by atoms with van der Waals surface area (Å²) < 4.78 is 0. The highest BCUT2D eigenvalue weighted by molar-refractivity contribution is 5.95. The largest absolute Gasteiger partial charge is 0.262 e. The van der Waals surface area contributed by atoms with Gasteiger partial charge in [-0.3, -0.25) is 4.99 Å². The van der Waals surface area contributed by atoms with Crippen LogP contribution < -0.4 is 0 Å². The number of nitrogens with zero attached hydrogens (tertiary/aromatic N) is 1. The maximum atomic E-state index is 4.21. The Morgan fingerprint density at radius 3 is 2.69 bits per heavy atom. The molecule has 0 spiro atoms. The van der Waals surface area contributed by atoms with Gasteiger partial charge >= 0.3 is 0 Å². The Labute approximate surface area is 82.3 Å². The van der Waals surface area contributed by atoms with Crippen molar-refractivity contribution in [3.05, 3.63) is 24.9 Å². The van der Waals surface area contributed by atoms with Crippen molar-refractivity contribution in [2.45, 2.75) is 40.0 Å². The third-order valence-electron chi connectivity index (χ3n) is 2.21. The molecular weight excluding hydrogens is 158 g/mol. The Balaban J connectivity index is 3.97. The number of aliphatic imine (C=N–C) groups is 1. The van der Waals surface area contributed by atoms with Crippen LogP contribution in [0.5, 0.6) is 0 Å². The third kappa shape index (κ3) is 6.32. The fraction of sp³-hybridized carbons (Fsp3) is 0.583. The summed E-state index contributed by atoms with van der Waals surface area (Å²) in [5.41, 5.74) is 1.14. The lowest BCUT2D eigenvalue weighted by Gasteiger charge is -2.07. The zero-order valence-corrected chi connectivity index (χ0v) is 9.09. The number of allylic oxidation sites excluding steroid dienone is 2. The van der Waals surface area contributed by atoms with E-state index in [-0.39, 0.29) is 0 Å². The topological polar surface area (TPSA) is 12.4 Å². The normalized spacial score (nSPS) is 14.8. The molecule has 0 saturated heterocycles. The van der Waals surface area contributed by atoms with Crippen molar-refractivity contribution < 1.29 is 0 Å². The summed E-state index contributed by atoms with van der Waals surface area (Å²) >= 11 is 0. The van der Waals surface area contributed by atoms with E-state index in [1.807, 2.05) is 13.0 Å². The van der Waals surface area contributed by atoms with Crippen LogP contribution in [-0.2, 0) is 0 Å².